The van der Waals surface area contributed by atoms with Crippen LogP contribution in [0.4, 0.5) is 0 Å². The number of aryl methyl sites for hydroxylation is 1. The Labute approximate surface area is 120 Å². The summed E-state index contributed by atoms with van der Waals surface area (Å²) in [6, 6.07) is 17.3. The third kappa shape index (κ3) is 6.07. The third-order valence-corrected chi connectivity index (χ3v) is 4.13. The molecule has 0 aliphatic rings. The van der Waals surface area contributed by atoms with Crippen molar-refractivity contribution in [2.45, 2.75) is 11.8 Å². The van der Waals surface area contributed by atoms with Crippen LogP contribution in [0.15, 0.2) is 65.6 Å². The second-order valence-corrected chi connectivity index (χ2v) is 6.03. The van der Waals surface area contributed by atoms with E-state index in [2.05, 4.69) is 22.7 Å². The zero-order valence-electron chi connectivity index (χ0n) is 10.6. The van der Waals surface area contributed by atoms with Gasteiger partial charge in [0.25, 0.3) is 0 Å². The number of rotatable bonds is 3. The SMILES string of the molecule is Cc1ccccc1.O=S([O-])OS(=O)(=O)c1ccccc1. The highest BCUT2D eigenvalue weighted by Crippen LogP contribution is 2.11. The molecule has 0 N–H and O–H groups in total. The number of hydrogen-bond acceptors (Lipinski definition) is 5. The maximum Gasteiger partial charge on any atom is 0.308 e. The van der Waals surface area contributed by atoms with E-state index in [4.69, 9.17) is 0 Å². The largest absolute Gasteiger partial charge is 0.749 e. The van der Waals surface area contributed by atoms with Gasteiger partial charge in [0.1, 0.15) is 11.4 Å². The lowest BCUT2D eigenvalue weighted by atomic mass is 10.2. The average molecular weight is 313 g/mol. The summed E-state index contributed by atoms with van der Waals surface area (Å²) >= 11 is -3.07. The molecule has 1 unspecified atom stereocenters. The highest BCUT2D eigenvalue weighted by Gasteiger charge is 2.14. The van der Waals surface area contributed by atoms with E-state index in [1.807, 2.05) is 18.2 Å². The van der Waals surface area contributed by atoms with E-state index in [9.17, 15) is 17.2 Å². The predicted octanol–water partition coefficient (Wildman–Crippen LogP) is 2.18. The van der Waals surface area contributed by atoms with Gasteiger partial charge in [-0.3, -0.25) is 0 Å². The fourth-order valence-electron chi connectivity index (χ4n) is 1.23. The summed E-state index contributed by atoms with van der Waals surface area (Å²) in [4.78, 5) is -0.195. The molecule has 7 heteroatoms. The van der Waals surface area contributed by atoms with Crippen LogP contribution in [-0.4, -0.2) is 17.2 Å². The second-order valence-electron chi connectivity index (χ2n) is 3.69. The molecule has 0 saturated carbocycles. The van der Waals surface area contributed by atoms with Gasteiger partial charge in [0.2, 0.25) is 0 Å². The molecule has 1 atom stereocenters. The van der Waals surface area contributed by atoms with Gasteiger partial charge in [0.05, 0.1) is 4.90 Å². The molecule has 0 bridgehead atoms. The summed E-state index contributed by atoms with van der Waals surface area (Å²) in [5, 5.41) is 0. The van der Waals surface area contributed by atoms with Gasteiger partial charge < -0.3 is 4.55 Å². The molecule has 0 saturated heterocycles. The molecule has 0 aliphatic carbocycles. The molecule has 20 heavy (non-hydrogen) atoms. The highest BCUT2D eigenvalue weighted by molar-refractivity contribution is 7.95. The second kappa shape index (κ2) is 7.91. The van der Waals surface area contributed by atoms with Crippen LogP contribution in [0.5, 0.6) is 0 Å². The Morgan fingerprint density at radius 2 is 1.40 bits per heavy atom. The van der Waals surface area contributed by atoms with Crippen LogP contribution in [-0.2, 0) is 25.1 Å². The molecular weight excluding hydrogens is 300 g/mol. The standard InChI is InChI=1S/C7H8.C6H6O5S2/c1-7-5-3-2-4-6-7;7-12(8)11-13(9,10)6-4-2-1-3-5-6/h2-6H,1H3;1-5H,(H,7,8)/p-1. The molecule has 2 aromatic rings. The van der Waals surface area contributed by atoms with Crippen LogP contribution in [0, 0.1) is 6.92 Å². The first-order valence-corrected chi connectivity index (χ1v) is 7.93. The fourth-order valence-corrected chi connectivity index (χ4v) is 2.62. The van der Waals surface area contributed by atoms with E-state index in [1.54, 1.807) is 6.07 Å². The van der Waals surface area contributed by atoms with Crippen molar-refractivity contribution in [2.24, 2.45) is 0 Å². The molecule has 0 heterocycles. The van der Waals surface area contributed by atoms with Crippen molar-refractivity contribution in [2.75, 3.05) is 0 Å². The van der Waals surface area contributed by atoms with Crippen molar-refractivity contribution < 1.29 is 20.8 Å². The van der Waals surface area contributed by atoms with E-state index >= 15 is 0 Å². The Morgan fingerprint density at radius 3 is 1.75 bits per heavy atom. The lowest BCUT2D eigenvalue weighted by Gasteiger charge is -2.05. The van der Waals surface area contributed by atoms with E-state index in [0.29, 0.717) is 0 Å². The summed E-state index contributed by atoms with van der Waals surface area (Å²) < 4.78 is 45.7. The van der Waals surface area contributed by atoms with Crippen LogP contribution in [0.1, 0.15) is 5.56 Å². The number of hydrogen-bond donors (Lipinski definition) is 0. The van der Waals surface area contributed by atoms with Gasteiger partial charge in [-0.15, -0.1) is 0 Å². The van der Waals surface area contributed by atoms with Gasteiger partial charge in [0, 0.05) is 0 Å². The fraction of sp³-hybridized carbons (Fsp3) is 0.0769. The summed E-state index contributed by atoms with van der Waals surface area (Å²) in [6.45, 7) is 2.08. The Morgan fingerprint density at radius 1 is 0.950 bits per heavy atom. The molecule has 2 aromatic carbocycles. The highest BCUT2D eigenvalue weighted by atomic mass is 32.3. The summed E-state index contributed by atoms with van der Waals surface area (Å²) in [5.74, 6) is 0. The van der Waals surface area contributed by atoms with Gasteiger partial charge >= 0.3 is 10.1 Å². The van der Waals surface area contributed by atoms with Crippen molar-refractivity contribution in [3.63, 3.8) is 0 Å². The first-order valence-electron chi connectivity index (χ1n) is 5.53. The predicted molar refractivity (Wildman–Crippen MR) is 74.8 cm³/mol. The van der Waals surface area contributed by atoms with Crippen LogP contribution in [0.3, 0.4) is 0 Å². The first kappa shape index (κ1) is 16.5. The molecule has 2 rings (SSSR count). The maximum atomic E-state index is 11.0. The van der Waals surface area contributed by atoms with Crippen LogP contribution in [0.25, 0.3) is 0 Å². The van der Waals surface area contributed by atoms with E-state index < -0.39 is 21.5 Å². The van der Waals surface area contributed by atoms with Gasteiger partial charge in [-0.2, -0.15) is 12.0 Å². The molecule has 0 amide bonds. The Bertz CT molecular complexity index is 639. The summed E-state index contributed by atoms with van der Waals surface area (Å²) in [6.07, 6.45) is 0. The van der Waals surface area contributed by atoms with Gasteiger partial charge in [-0.05, 0) is 19.1 Å². The Kier molecular flexibility index (Phi) is 6.53. The third-order valence-electron chi connectivity index (χ3n) is 2.12. The smallest absolute Gasteiger partial charge is 0.308 e. The zero-order valence-corrected chi connectivity index (χ0v) is 12.3. The monoisotopic (exact) mass is 313 g/mol. The van der Waals surface area contributed by atoms with Crippen molar-refractivity contribution >= 4 is 21.5 Å². The molecular formula is C13H13O5S2-. The minimum Gasteiger partial charge on any atom is -0.749 e. The summed E-state index contributed by atoms with van der Waals surface area (Å²) in [7, 11) is -4.17. The van der Waals surface area contributed by atoms with Crippen molar-refractivity contribution in [3.05, 3.63) is 66.2 Å². The summed E-state index contributed by atoms with van der Waals surface area (Å²) in [5.41, 5.74) is 1.32. The molecule has 0 radical (unpaired) electrons. The van der Waals surface area contributed by atoms with E-state index in [1.165, 1.54) is 29.8 Å². The van der Waals surface area contributed by atoms with Crippen LogP contribution >= 0.6 is 0 Å². The zero-order chi connectivity index (χ0) is 15.0. The van der Waals surface area contributed by atoms with Crippen LogP contribution in [0.2, 0.25) is 0 Å². The van der Waals surface area contributed by atoms with Crippen LogP contribution < -0.4 is 0 Å². The van der Waals surface area contributed by atoms with Crippen molar-refractivity contribution in [3.8, 4) is 0 Å². The minimum atomic E-state index is -4.17. The lowest BCUT2D eigenvalue weighted by Crippen LogP contribution is -2.07. The van der Waals surface area contributed by atoms with Crippen molar-refractivity contribution in [1.82, 2.24) is 0 Å². The average Bonchev–Trinajstić information content (AvgIpc) is 2.40. The molecule has 0 aliphatic heterocycles. The normalized spacial score (nSPS) is 12.1. The Hall–Kier alpha value is -1.54. The van der Waals surface area contributed by atoms with E-state index in [0.717, 1.165) is 0 Å². The number of benzene rings is 2. The molecule has 0 aromatic heterocycles. The first-order chi connectivity index (χ1) is 9.42. The topological polar surface area (TPSA) is 83.5 Å². The quantitative estimate of drug-likeness (QED) is 0.811. The minimum absolute atomic E-state index is 0.195. The van der Waals surface area contributed by atoms with Gasteiger partial charge in [0.15, 0.2) is 0 Å². The van der Waals surface area contributed by atoms with E-state index in [-0.39, 0.29) is 4.90 Å². The molecule has 108 valence electrons. The Balaban J connectivity index is 0.000000240. The van der Waals surface area contributed by atoms with Gasteiger partial charge in [-0.25, -0.2) is 4.21 Å². The molecule has 5 nitrogen and oxygen atoms in total. The van der Waals surface area contributed by atoms with Crippen molar-refractivity contribution in [1.29, 1.82) is 0 Å². The molecule has 0 spiro atoms. The lowest BCUT2D eigenvalue weighted by molar-refractivity contribution is 0.429. The van der Waals surface area contributed by atoms with Gasteiger partial charge in [-0.1, -0.05) is 54.1 Å². The molecule has 0 fully saturated rings. The maximum absolute atomic E-state index is 11.0.